The minimum Gasteiger partial charge on any atom is -0.475 e. The summed E-state index contributed by atoms with van der Waals surface area (Å²) in [4.78, 5) is 38.7. The summed E-state index contributed by atoms with van der Waals surface area (Å²) >= 11 is 0. The second kappa shape index (κ2) is 17.5. The summed E-state index contributed by atoms with van der Waals surface area (Å²) in [6, 6.07) is 15.6. The molecule has 9 nitrogen and oxygen atoms in total. The summed E-state index contributed by atoms with van der Waals surface area (Å²) in [6.07, 6.45) is -7.63. The van der Waals surface area contributed by atoms with Crippen molar-refractivity contribution in [2.75, 3.05) is 37.4 Å². The van der Waals surface area contributed by atoms with E-state index in [1.807, 2.05) is 25.1 Å². The van der Waals surface area contributed by atoms with Crippen LogP contribution >= 0.6 is 0 Å². The van der Waals surface area contributed by atoms with Gasteiger partial charge in [0.25, 0.3) is 5.91 Å². The number of nitrogens with zero attached hydrogens (tertiary/aromatic N) is 3. The Morgan fingerprint density at radius 3 is 1.87 bits per heavy atom. The molecule has 246 valence electrons. The van der Waals surface area contributed by atoms with Gasteiger partial charge in [0.1, 0.15) is 17.5 Å². The summed E-state index contributed by atoms with van der Waals surface area (Å²) in [7, 11) is 3.95. The number of benzene rings is 2. The molecule has 0 atom stereocenters. The molecule has 0 radical (unpaired) electrons. The van der Waals surface area contributed by atoms with Crippen LogP contribution in [0.5, 0.6) is 0 Å². The van der Waals surface area contributed by atoms with Crippen molar-refractivity contribution in [1.82, 2.24) is 9.88 Å². The number of carboxylic acid groups (broad SMARTS) is 2. The maximum absolute atomic E-state index is 13.3. The quantitative estimate of drug-likeness (QED) is 0.247. The smallest absolute Gasteiger partial charge is 0.475 e. The van der Waals surface area contributed by atoms with Gasteiger partial charge in [-0.05, 0) is 68.0 Å². The highest BCUT2D eigenvalue weighted by Crippen LogP contribution is 2.17. The maximum Gasteiger partial charge on any atom is 0.490 e. The predicted octanol–water partition coefficient (Wildman–Crippen LogP) is 5.84. The van der Waals surface area contributed by atoms with Crippen LogP contribution in [0.3, 0.4) is 0 Å². The zero-order valence-electron chi connectivity index (χ0n) is 23.7. The van der Waals surface area contributed by atoms with Crippen LogP contribution in [-0.2, 0) is 16.1 Å². The number of rotatable bonds is 9. The first kappa shape index (κ1) is 38.2. The van der Waals surface area contributed by atoms with Crippen LogP contribution in [0, 0.1) is 11.6 Å². The van der Waals surface area contributed by atoms with E-state index < -0.39 is 24.3 Å². The number of hydrogen-bond acceptors (Lipinski definition) is 6. The first-order valence-electron chi connectivity index (χ1n) is 12.6. The standard InChI is InChI=1S/C24H26F2N4O.2C2HF3O2/c1-29(17-18-5-3-6-21(26)15-18)13-4-14-30(2)23-16-22(11-12-27-23)28-24(31)19-7-9-20(25)10-8-19;2*3-2(4,5)1(6)7/h3,5-12,15-16H,4,13-14,17H2,1-2H3,(H,27,28,31);2*(H,6,7). The summed E-state index contributed by atoms with van der Waals surface area (Å²) < 4.78 is 89.8. The Balaban J connectivity index is 0.000000601. The normalized spacial score (nSPS) is 11.0. The van der Waals surface area contributed by atoms with E-state index in [-0.39, 0.29) is 17.5 Å². The van der Waals surface area contributed by atoms with E-state index in [4.69, 9.17) is 19.8 Å². The van der Waals surface area contributed by atoms with Gasteiger partial charge in [-0.2, -0.15) is 26.3 Å². The molecule has 0 fully saturated rings. The minimum absolute atomic E-state index is 0.219. The van der Waals surface area contributed by atoms with Crippen molar-refractivity contribution in [2.24, 2.45) is 0 Å². The molecule has 0 aliphatic carbocycles. The molecule has 1 heterocycles. The molecule has 1 amide bonds. The molecule has 2 aromatic carbocycles. The molecule has 45 heavy (non-hydrogen) atoms. The number of carbonyl (C=O) groups excluding carboxylic acids is 1. The van der Waals surface area contributed by atoms with Crippen molar-refractivity contribution in [3.8, 4) is 0 Å². The van der Waals surface area contributed by atoms with Gasteiger partial charge in [0, 0.05) is 43.7 Å². The monoisotopic (exact) mass is 652 g/mol. The Kier molecular flexibility index (Phi) is 14.9. The van der Waals surface area contributed by atoms with Crippen LogP contribution in [-0.4, -0.2) is 77.5 Å². The lowest BCUT2D eigenvalue weighted by molar-refractivity contribution is -0.193. The second-order valence-electron chi connectivity index (χ2n) is 9.11. The predicted molar refractivity (Wildman–Crippen MR) is 147 cm³/mol. The number of hydrogen-bond donors (Lipinski definition) is 3. The molecule has 0 bridgehead atoms. The van der Waals surface area contributed by atoms with E-state index in [9.17, 15) is 39.9 Å². The number of carboxylic acids is 2. The highest BCUT2D eigenvalue weighted by Gasteiger charge is 2.38. The van der Waals surface area contributed by atoms with Crippen molar-refractivity contribution >= 4 is 29.4 Å². The number of aliphatic carboxylic acids is 2. The zero-order chi connectivity index (χ0) is 34.4. The van der Waals surface area contributed by atoms with Gasteiger partial charge in [-0.15, -0.1) is 0 Å². The zero-order valence-corrected chi connectivity index (χ0v) is 23.7. The average molecular weight is 653 g/mol. The summed E-state index contributed by atoms with van der Waals surface area (Å²) in [5, 5.41) is 17.1. The summed E-state index contributed by atoms with van der Waals surface area (Å²) in [5.41, 5.74) is 1.95. The highest BCUT2D eigenvalue weighted by molar-refractivity contribution is 6.04. The molecule has 0 spiro atoms. The fourth-order valence-electron chi connectivity index (χ4n) is 3.23. The van der Waals surface area contributed by atoms with Crippen LogP contribution in [0.2, 0.25) is 0 Å². The Morgan fingerprint density at radius 2 is 1.36 bits per heavy atom. The summed E-state index contributed by atoms with van der Waals surface area (Å²) in [6.45, 7) is 2.31. The van der Waals surface area contributed by atoms with Gasteiger partial charge in [0.2, 0.25) is 0 Å². The largest absolute Gasteiger partial charge is 0.490 e. The number of halogens is 8. The van der Waals surface area contributed by atoms with Crippen LogP contribution in [0.15, 0.2) is 66.9 Å². The fraction of sp³-hybridized carbons (Fsp3) is 0.286. The number of amides is 1. The molecule has 3 N–H and O–H groups in total. The van der Waals surface area contributed by atoms with E-state index >= 15 is 0 Å². The van der Waals surface area contributed by atoms with Gasteiger partial charge in [-0.1, -0.05) is 12.1 Å². The number of carbonyl (C=O) groups is 3. The molecule has 1 aromatic heterocycles. The van der Waals surface area contributed by atoms with Gasteiger partial charge in [0.05, 0.1) is 0 Å². The van der Waals surface area contributed by atoms with E-state index in [0.717, 1.165) is 30.9 Å². The van der Waals surface area contributed by atoms with Gasteiger partial charge in [-0.25, -0.2) is 23.4 Å². The van der Waals surface area contributed by atoms with Crippen LogP contribution in [0.1, 0.15) is 22.3 Å². The van der Waals surface area contributed by atoms with Gasteiger partial charge in [-0.3, -0.25) is 4.79 Å². The lowest BCUT2D eigenvalue weighted by atomic mass is 10.2. The van der Waals surface area contributed by atoms with Crippen LogP contribution in [0.25, 0.3) is 0 Å². The minimum atomic E-state index is -5.08. The van der Waals surface area contributed by atoms with Crippen molar-refractivity contribution in [3.05, 3.63) is 89.6 Å². The van der Waals surface area contributed by atoms with Gasteiger partial charge < -0.3 is 25.3 Å². The first-order valence-corrected chi connectivity index (χ1v) is 12.6. The number of aromatic nitrogens is 1. The average Bonchev–Trinajstić information content (AvgIpc) is 2.93. The lowest BCUT2D eigenvalue weighted by Gasteiger charge is -2.21. The molecule has 0 aliphatic rings. The van der Waals surface area contributed by atoms with Gasteiger partial charge >= 0.3 is 24.3 Å². The van der Waals surface area contributed by atoms with Crippen LogP contribution < -0.4 is 10.2 Å². The number of alkyl halides is 6. The number of anilines is 2. The fourth-order valence-corrected chi connectivity index (χ4v) is 3.23. The number of pyridine rings is 1. The maximum atomic E-state index is 13.3. The molecule has 0 saturated heterocycles. The molecule has 0 aliphatic heterocycles. The number of nitrogens with one attached hydrogen (secondary N) is 1. The molecule has 3 rings (SSSR count). The summed E-state index contributed by atoms with van der Waals surface area (Å²) in [5.74, 6) is -5.68. The third-order valence-corrected chi connectivity index (χ3v) is 5.36. The lowest BCUT2D eigenvalue weighted by Crippen LogP contribution is -2.26. The van der Waals surface area contributed by atoms with E-state index in [1.165, 1.54) is 30.3 Å². The first-order chi connectivity index (χ1) is 20.8. The van der Waals surface area contributed by atoms with Crippen LogP contribution in [0.4, 0.5) is 46.6 Å². The second-order valence-corrected chi connectivity index (χ2v) is 9.11. The van der Waals surface area contributed by atoms with Crippen molar-refractivity contribution in [2.45, 2.75) is 25.3 Å². The topological polar surface area (TPSA) is 123 Å². The molecular weight excluding hydrogens is 624 g/mol. The van der Waals surface area contributed by atoms with Crippen molar-refractivity contribution in [3.63, 3.8) is 0 Å². The van der Waals surface area contributed by atoms with E-state index in [2.05, 4.69) is 15.2 Å². The Labute approximate surface area is 251 Å². The van der Waals surface area contributed by atoms with E-state index in [1.54, 1.807) is 30.5 Å². The highest BCUT2D eigenvalue weighted by atomic mass is 19.4. The van der Waals surface area contributed by atoms with E-state index in [0.29, 0.717) is 17.8 Å². The Hall–Kier alpha value is -4.80. The Bertz CT molecular complexity index is 1380. The molecule has 17 heteroatoms. The third kappa shape index (κ3) is 15.5. The molecular formula is C28H28F8N4O5. The molecule has 0 saturated carbocycles. The van der Waals surface area contributed by atoms with Gasteiger partial charge in [0.15, 0.2) is 0 Å². The third-order valence-electron chi connectivity index (χ3n) is 5.36. The SMILES string of the molecule is CN(CCCN(C)c1cc(NC(=O)c2ccc(F)cc2)ccn1)Cc1cccc(F)c1.O=C(O)C(F)(F)F.O=C(O)C(F)(F)F. The van der Waals surface area contributed by atoms with Crippen molar-refractivity contribution < 1.29 is 59.7 Å². The molecule has 3 aromatic rings. The van der Waals surface area contributed by atoms with Crippen molar-refractivity contribution in [1.29, 1.82) is 0 Å². The Morgan fingerprint density at radius 1 is 0.800 bits per heavy atom. The molecule has 0 unspecified atom stereocenters.